The number of fused-ring (bicyclic) bond motifs is 2. The van der Waals surface area contributed by atoms with Crippen LogP contribution in [0, 0.1) is 0 Å². The lowest BCUT2D eigenvalue weighted by Gasteiger charge is -2.44. The van der Waals surface area contributed by atoms with Gasteiger partial charge in [-0.1, -0.05) is 12.5 Å². The summed E-state index contributed by atoms with van der Waals surface area (Å²) in [7, 11) is -2.13. The summed E-state index contributed by atoms with van der Waals surface area (Å²) in [5.74, 6) is -0.369. The van der Waals surface area contributed by atoms with Gasteiger partial charge in [0.05, 0.1) is 28.8 Å². The first-order valence-corrected chi connectivity index (χ1v) is 9.40. The third-order valence-corrected chi connectivity index (χ3v) is 7.82. The van der Waals surface area contributed by atoms with Crippen LogP contribution in [0.3, 0.4) is 0 Å². The van der Waals surface area contributed by atoms with Crippen molar-refractivity contribution in [1.82, 2.24) is 0 Å². The molecule has 4 nitrogen and oxygen atoms in total. The number of rotatable bonds is 2. The van der Waals surface area contributed by atoms with Gasteiger partial charge in [0.1, 0.15) is 5.75 Å². The maximum atomic E-state index is 13.0. The van der Waals surface area contributed by atoms with Gasteiger partial charge in [0, 0.05) is 0 Å². The lowest BCUT2D eigenvalue weighted by atomic mass is 9.80. The zero-order chi connectivity index (χ0) is 17.8. The van der Waals surface area contributed by atoms with Gasteiger partial charge in [-0.15, -0.1) is 0 Å². The molecule has 0 aliphatic carbocycles. The Bertz CT molecular complexity index is 722. The molecule has 8 heteroatoms. The summed E-state index contributed by atoms with van der Waals surface area (Å²) in [5, 5.41) is 9.72. The van der Waals surface area contributed by atoms with Gasteiger partial charge < -0.3 is 9.84 Å². The summed E-state index contributed by atoms with van der Waals surface area (Å²) in [6, 6.07) is 3.28. The van der Waals surface area contributed by atoms with Gasteiger partial charge in [-0.3, -0.25) is 0 Å². The van der Waals surface area contributed by atoms with E-state index < -0.39 is 37.7 Å². The van der Waals surface area contributed by atoms with Crippen LogP contribution in [0.4, 0.5) is 13.2 Å². The van der Waals surface area contributed by atoms with E-state index in [9.17, 15) is 26.7 Å². The quantitative estimate of drug-likeness (QED) is 0.876. The molecular formula is C16H19F3O4S. The second kappa shape index (κ2) is 5.62. The number of sulfone groups is 1. The Morgan fingerprint density at radius 2 is 1.79 bits per heavy atom. The second-order valence-corrected chi connectivity index (χ2v) is 9.13. The predicted octanol–water partition coefficient (Wildman–Crippen LogP) is 3.03. The Morgan fingerprint density at radius 3 is 2.29 bits per heavy atom. The van der Waals surface area contributed by atoms with Crippen LogP contribution in [-0.2, 0) is 21.6 Å². The first kappa shape index (κ1) is 17.5. The summed E-state index contributed by atoms with van der Waals surface area (Å²) < 4.78 is 68.4. The molecule has 1 aromatic carbocycles. The molecule has 2 aliphatic heterocycles. The molecule has 0 spiro atoms. The number of benzene rings is 1. The molecule has 24 heavy (non-hydrogen) atoms. The van der Waals surface area contributed by atoms with E-state index in [-0.39, 0.29) is 24.2 Å². The highest BCUT2D eigenvalue weighted by Crippen LogP contribution is 2.47. The fourth-order valence-corrected chi connectivity index (χ4v) is 6.45. The highest BCUT2D eigenvalue weighted by molar-refractivity contribution is 7.92. The smallest absolute Gasteiger partial charge is 0.419 e. The van der Waals surface area contributed by atoms with Crippen LogP contribution >= 0.6 is 0 Å². The van der Waals surface area contributed by atoms with Gasteiger partial charge >= 0.3 is 6.18 Å². The van der Waals surface area contributed by atoms with Crippen molar-refractivity contribution in [2.24, 2.45) is 0 Å². The van der Waals surface area contributed by atoms with E-state index in [2.05, 4.69) is 0 Å². The molecule has 1 N–H and O–H groups in total. The van der Waals surface area contributed by atoms with Crippen molar-refractivity contribution in [2.75, 3.05) is 7.11 Å². The molecule has 134 valence electrons. The molecule has 2 heterocycles. The first-order valence-electron chi connectivity index (χ1n) is 7.79. The highest BCUT2D eigenvalue weighted by atomic mass is 32.2. The van der Waals surface area contributed by atoms with Crippen LogP contribution in [-0.4, -0.2) is 31.1 Å². The van der Waals surface area contributed by atoms with E-state index in [0.29, 0.717) is 12.8 Å². The van der Waals surface area contributed by atoms with Gasteiger partial charge in [-0.25, -0.2) is 8.42 Å². The lowest BCUT2D eigenvalue weighted by molar-refractivity contribution is -0.138. The molecule has 1 aromatic rings. The van der Waals surface area contributed by atoms with Crippen molar-refractivity contribution in [2.45, 2.75) is 54.4 Å². The van der Waals surface area contributed by atoms with Crippen molar-refractivity contribution in [3.63, 3.8) is 0 Å². The number of ether oxygens (including phenoxy) is 1. The monoisotopic (exact) mass is 364 g/mol. The van der Waals surface area contributed by atoms with Gasteiger partial charge in [0.2, 0.25) is 0 Å². The minimum atomic E-state index is -4.56. The number of hydrogen-bond acceptors (Lipinski definition) is 4. The summed E-state index contributed by atoms with van der Waals surface area (Å²) in [5.41, 5.74) is -2.08. The van der Waals surface area contributed by atoms with Crippen molar-refractivity contribution >= 4 is 9.84 Å². The van der Waals surface area contributed by atoms with Crippen LogP contribution in [0.5, 0.6) is 5.75 Å². The second-order valence-electron chi connectivity index (χ2n) is 6.62. The van der Waals surface area contributed by atoms with Crippen molar-refractivity contribution in [1.29, 1.82) is 0 Å². The lowest BCUT2D eigenvalue weighted by Crippen LogP contribution is -2.50. The van der Waals surface area contributed by atoms with E-state index >= 15 is 0 Å². The van der Waals surface area contributed by atoms with Crippen LogP contribution in [0.15, 0.2) is 18.2 Å². The van der Waals surface area contributed by atoms with E-state index in [4.69, 9.17) is 4.74 Å². The standard InChI is InChI=1S/C16H19F3O4S/c1-23-14-7-10(5-6-13(14)16(17,18)19)15(20)8-11-3-2-4-12(9-15)24(11,21)22/h5-7,11-12,20H,2-4,8-9H2,1H3. The molecule has 2 aliphatic rings. The Kier molecular flexibility index (Phi) is 4.11. The van der Waals surface area contributed by atoms with Crippen molar-refractivity contribution in [3.8, 4) is 5.75 Å². The summed E-state index contributed by atoms with van der Waals surface area (Å²) in [6.07, 6.45) is -2.77. The maximum absolute atomic E-state index is 13.0. The molecule has 0 amide bonds. The fourth-order valence-electron chi connectivity index (χ4n) is 3.90. The Labute approximate surface area is 138 Å². The van der Waals surface area contributed by atoms with Crippen LogP contribution in [0.2, 0.25) is 0 Å². The van der Waals surface area contributed by atoms with E-state index in [1.165, 1.54) is 12.1 Å². The third-order valence-electron chi connectivity index (χ3n) is 5.16. The molecular weight excluding hydrogens is 345 g/mol. The van der Waals surface area contributed by atoms with E-state index in [0.717, 1.165) is 19.6 Å². The molecule has 2 saturated heterocycles. The predicted molar refractivity (Wildman–Crippen MR) is 81.5 cm³/mol. The number of methoxy groups -OCH3 is 1. The Morgan fingerprint density at radius 1 is 1.21 bits per heavy atom. The van der Waals surface area contributed by atoms with Gasteiger partial charge in [-0.2, -0.15) is 13.2 Å². The summed E-state index contributed by atoms with van der Waals surface area (Å²) in [4.78, 5) is 0. The van der Waals surface area contributed by atoms with Crippen LogP contribution < -0.4 is 4.74 Å². The number of hydrogen-bond donors (Lipinski definition) is 1. The zero-order valence-corrected chi connectivity index (χ0v) is 14.0. The van der Waals surface area contributed by atoms with E-state index in [1.807, 2.05) is 0 Å². The first-order chi connectivity index (χ1) is 11.1. The van der Waals surface area contributed by atoms with Crippen LogP contribution in [0.25, 0.3) is 0 Å². The zero-order valence-electron chi connectivity index (χ0n) is 13.1. The number of halogens is 3. The average Bonchev–Trinajstić information content (AvgIpc) is 2.47. The summed E-state index contributed by atoms with van der Waals surface area (Å²) >= 11 is 0. The normalized spacial score (nSPS) is 32.4. The summed E-state index contributed by atoms with van der Waals surface area (Å²) in [6.45, 7) is 0. The van der Waals surface area contributed by atoms with Gasteiger partial charge in [-0.05, 0) is 43.4 Å². The molecule has 3 rings (SSSR count). The number of alkyl halides is 3. The topological polar surface area (TPSA) is 63.6 Å². The SMILES string of the molecule is COc1cc(C2(O)CC3CCCC(C2)S3(=O)=O)ccc1C(F)(F)F. The van der Waals surface area contributed by atoms with Crippen molar-refractivity contribution in [3.05, 3.63) is 29.3 Å². The third kappa shape index (κ3) is 2.79. The fraction of sp³-hybridized carbons (Fsp3) is 0.625. The molecule has 2 atom stereocenters. The Hall–Kier alpha value is -1.28. The van der Waals surface area contributed by atoms with Gasteiger partial charge in [0.15, 0.2) is 9.84 Å². The molecule has 2 fully saturated rings. The highest BCUT2D eigenvalue weighted by Gasteiger charge is 2.51. The van der Waals surface area contributed by atoms with Crippen LogP contribution in [0.1, 0.15) is 43.2 Å². The molecule has 0 saturated carbocycles. The molecule has 2 bridgehead atoms. The minimum Gasteiger partial charge on any atom is -0.496 e. The minimum absolute atomic E-state index is 0.0142. The van der Waals surface area contributed by atoms with Crippen molar-refractivity contribution < 1.29 is 31.4 Å². The maximum Gasteiger partial charge on any atom is 0.419 e. The molecule has 0 radical (unpaired) electrons. The Balaban J connectivity index is 2.00. The van der Waals surface area contributed by atoms with Gasteiger partial charge in [0.25, 0.3) is 0 Å². The molecule has 0 aromatic heterocycles. The average molecular weight is 364 g/mol. The number of aliphatic hydroxyl groups is 1. The molecule has 2 unspecified atom stereocenters. The largest absolute Gasteiger partial charge is 0.496 e. The van der Waals surface area contributed by atoms with E-state index in [1.54, 1.807) is 0 Å².